The number of benzene rings is 1. The fourth-order valence-electron chi connectivity index (χ4n) is 3.08. The maximum Gasteiger partial charge on any atom is 0.317 e. The van der Waals surface area contributed by atoms with E-state index in [2.05, 4.69) is 10.3 Å². The van der Waals surface area contributed by atoms with Crippen LogP contribution in [0.2, 0.25) is 0 Å². The van der Waals surface area contributed by atoms with E-state index in [1.165, 1.54) is 0 Å². The lowest BCUT2D eigenvalue weighted by atomic mass is 9.94. The third-order valence-corrected chi connectivity index (χ3v) is 4.59. The summed E-state index contributed by atoms with van der Waals surface area (Å²) in [5, 5.41) is 2.93. The van der Waals surface area contributed by atoms with Crippen LogP contribution in [0.5, 0.6) is 0 Å². The van der Waals surface area contributed by atoms with Crippen LogP contribution in [-0.2, 0) is 23.3 Å². The van der Waals surface area contributed by atoms with Crippen LogP contribution in [0.1, 0.15) is 36.8 Å². The summed E-state index contributed by atoms with van der Waals surface area (Å²) in [5.41, 5.74) is 1.41. The maximum atomic E-state index is 12.6. The fourth-order valence-corrected chi connectivity index (χ4v) is 3.08. The SMILES string of the molecule is CCc1nc(C)c(CNC(=O)N2CCOC(C)(c3ccccc3)C2)o1. The number of hydrogen-bond acceptors (Lipinski definition) is 4. The summed E-state index contributed by atoms with van der Waals surface area (Å²) in [5.74, 6) is 1.41. The van der Waals surface area contributed by atoms with Gasteiger partial charge in [0.05, 0.1) is 25.4 Å². The molecule has 0 spiro atoms. The number of nitrogens with zero attached hydrogens (tertiary/aromatic N) is 2. The first kappa shape index (κ1) is 17.5. The number of carbonyl (C=O) groups excluding carboxylic acids is 1. The summed E-state index contributed by atoms with van der Waals surface area (Å²) < 4.78 is 11.6. The quantitative estimate of drug-likeness (QED) is 0.927. The third-order valence-electron chi connectivity index (χ3n) is 4.59. The second-order valence-corrected chi connectivity index (χ2v) is 6.50. The summed E-state index contributed by atoms with van der Waals surface area (Å²) in [6, 6.07) is 9.91. The molecule has 2 amide bonds. The van der Waals surface area contributed by atoms with Crippen LogP contribution in [-0.4, -0.2) is 35.6 Å². The van der Waals surface area contributed by atoms with Gasteiger partial charge in [0.25, 0.3) is 0 Å². The van der Waals surface area contributed by atoms with E-state index >= 15 is 0 Å². The minimum atomic E-state index is -0.492. The summed E-state index contributed by atoms with van der Waals surface area (Å²) in [6.07, 6.45) is 0.744. The van der Waals surface area contributed by atoms with E-state index in [9.17, 15) is 4.79 Å². The molecule has 0 saturated carbocycles. The molecule has 6 heteroatoms. The van der Waals surface area contributed by atoms with Gasteiger partial charge in [0.1, 0.15) is 11.4 Å². The van der Waals surface area contributed by atoms with Crippen molar-refractivity contribution in [1.29, 1.82) is 0 Å². The van der Waals surface area contributed by atoms with E-state index in [4.69, 9.17) is 9.15 Å². The van der Waals surface area contributed by atoms with Crippen molar-refractivity contribution in [1.82, 2.24) is 15.2 Å². The first-order chi connectivity index (χ1) is 12.0. The van der Waals surface area contributed by atoms with Crippen molar-refractivity contribution in [3.8, 4) is 0 Å². The van der Waals surface area contributed by atoms with Gasteiger partial charge < -0.3 is 19.4 Å². The minimum absolute atomic E-state index is 0.112. The summed E-state index contributed by atoms with van der Waals surface area (Å²) >= 11 is 0. The highest BCUT2D eigenvalue weighted by molar-refractivity contribution is 5.74. The molecular formula is C19H25N3O3. The maximum absolute atomic E-state index is 12.6. The molecule has 0 aliphatic carbocycles. The predicted octanol–water partition coefficient (Wildman–Crippen LogP) is 3.00. The normalized spacial score (nSPS) is 20.5. The average molecular weight is 343 g/mol. The Bertz CT molecular complexity index is 729. The monoisotopic (exact) mass is 343 g/mol. The number of carbonyl (C=O) groups is 1. The van der Waals surface area contributed by atoms with E-state index in [0.29, 0.717) is 37.9 Å². The van der Waals surface area contributed by atoms with Crippen LogP contribution in [0.15, 0.2) is 34.7 Å². The van der Waals surface area contributed by atoms with Crippen LogP contribution < -0.4 is 5.32 Å². The van der Waals surface area contributed by atoms with Gasteiger partial charge in [0.15, 0.2) is 5.89 Å². The number of amides is 2. The Kier molecular flexibility index (Phi) is 5.08. The number of urea groups is 1. The number of hydrogen-bond donors (Lipinski definition) is 1. The molecular weight excluding hydrogens is 318 g/mol. The van der Waals surface area contributed by atoms with Crippen molar-refractivity contribution in [3.05, 3.63) is 53.2 Å². The van der Waals surface area contributed by atoms with Crippen LogP contribution in [0, 0.1) is 6.92 Å². The van der Waals surface area contributed by atoms with Gasteiger partial charge in [-0.1, -0.05) is 37.3 Å². The van der Waals surface area contributed by atoms with Crippen LogP contribution in [0.3, 0.4) is 0 Å². The Morgan fingerprint density at radius 3 is 2.80 bits per heavy atom. The summed E-state index contributed by atoms with van der Waals surface area (Å²) in [4.78, 5) is 18.7. The van der Waals surface area contributed by atoms with Crippen LogP contribution in [0.25, 0.3) is 0 Å². The summed E-state index contributed by atoms with van der Waals surface area (Å²) in [6.45, 7) is 7.85. The highest BCUT2D eigenvalue weighted by atomic mass is 16.5. The Morgan fingerprint density at radius 2 is 2.12 bits per heavy atom. The molecule has 134 valence electrons. The van der Waals surface area contributed by atoms with Crippen molar-refractivity contribution in [2.24, 2.45) is 0 Å². The molecule has 0 bridgehead atoms. The highest BCUT2D eigenvalue weighted by Crippen LogP contribution is 2.29. The van der Waals surface area contributed by atoms with Gasteiger partial charge in [-0.25, -0.2) is 9.78 Å². The number of ether oxygens (including phenoxy) is 1. The molecule has 1 atom stereocenters. The van der Waals surface area contributed by atoms with E-state index in [-0.39, 0.29) is 6.03 Å². The van der Waals surface area contributed by atoms with Crippen LogP contribution in [0.4, 0.5) is 4.79 Å². The lowest BCUT2D eigenvalue weighted by molar-refractivity contribution is -0.0907. The number of oxazole rings is 1. The van der Waals surface area contributed by atoms with Crippen LogP contribution >= 0.6 is 0 Å². The van der Waals surface area contributed by atoms with Gasteiger partial charge in [-0.2, -0.15) is 0 Å². The number of morpholine rings is 1. The zero-order chi connectivity index (χ0) is 17.9. The first-order valence-electron chi connectivity index (χ1n) is 8.69. The Hall–Kier alpha value is -2.34. The van der Waals surface area contributed by atoms with Gasteiger partial charge >= 0.3 is 6.03 Å². The van der Waals surface area contributed by atoms with E-state index in [0.717, 1.165) is 17.7 Å². The number of aromatic nitrogens is 1. The Labute approximate surface area is 148 Å². The molecule has 3 rings (SSSR count). The van der Waals surface area contributed by atoms with Gasteiger partial charge in [-0.05, 0) is 19.4 Å². The average Bonchev–Trinajstić information content (AvgIpc) is 3.00. The van der Waals surface area contributed by atoms with Gasteiger partial charge in [0.2, 0.25) is 0 Å². The molecule has 1 aliphatic heterocycles. The van der Waals surface area contributed by atoms with Crippen molar-refractivity contribution >= 4 is 6.03 Å². The lowest BCUT2D eigenvalue weighted by Gasteiger charge is -2.40. The van der Waals surface area contributed by atoms with E-state index < -0.39 is 5.60 Å². The predicted molar refractivity (Wildman–Crippen MR) is 94.2 cm³/mol. The van der Waals surface area contributed by atoms with Crippen molar-refractivity contribution in [3.63, 3.8) is 0 Å². The molecule has 1 aromatic heterocycles. The third kappa shape index (κ3) is 3.85. The number of aryl methyl sites for hydroxylation is 2. The summed E-state index contributed by atoms with van der Waals surface area (Å²) in [7, 11) is 0. The molecule has 1 aromatic carbocycles. The van der Waals surface area contributed by atoms with Gasteiger partial charge in [0, 0.05) is 13.0 Å². The Balaban J connectivity index is 1.63. The van der Waals surface area contributed by atoms with E-state index in [1.807, 2.05) is 51.1 Å². The topological polar surface area (TPSA) is 67.6 Å². The largest absolute Gasteiger partial charge is 0.444 e. The number of rotatable bonds is 4. The smallest absolute Gasteiger partial charge is 0.317 e. The zero-order valence-corrected chi connectivity index (χ0v) is 15.0. The van der Waals surface area contributed by atoms with Gasteiger partial charge in [-0.3, -0.25) is 0 Å². The molecule has 1 saturated heterocycles. The Morgan fingerprint density at radius 1 is 1.36 bits per heavy atom. The number of nitrogens with one attached hydrogen (secondary N) is 1. The molecule has 1 unspecified atom stereocenters. The van der Waals surface area contributed by atoms with Crippen molar-refractivity contribution in [2.45, 2.75) is 39.3 Å². The van der Waals surface area contributed by atoms with Crippen molar-refractivity contribution < 1.29 is 13.9 Å². The molecule has 1 fully saturated rings. The van der Waals surface area contributed by atoms with Gasteiger partial charge in [-0.15, -0.1) is 0 Å². The molecule has 1 aliphatic rings. The zero-order valence-electron chi connectivity index (χ0n) is 15.0. The molecule has 2 heterocycles. The molecule has 2 aromatic rings. The molecule has 6 nitrogen and oxygen atoms in total. The minimum Gasteiger partial charge on any atom is -0.444 e. The lowest BCUT2D eigenvalue weighted by Crippen LogP contribution is -2.53. The fraction of sp³-hybridized carbons (Fsp3) is 0.474. The first-order valence-corrected chi connectivity index (χ1v) is 8.69. The van der Waals surface area contributed by atoms with E-state index in [1.54, 1.807) is 4.90 Å². The highest BCUT2D eigenvalue weighted by Gasteiger charge is 2.35. The molecule has 25 heavy (non-hydrogen) atoms. The molecule has 1 N–H and O–H groups in total. The molecule has 0 radical (unpaired) electrons. The van der Waals surface area contributed by atoms with Crippen molar-refractivity contribution in [2.75, 3.05) is 19.7 Å². The second kappa shape index (κ2) is 7.27. The standard InChI is InChI=1S/C19H25N3O3/c1-4-17-21-14(2)16(25-17)12-20-18(23)22-10-11-24-19(3,13-22)15-8-6-5-7-9-15/h5-9H,4,10-13H2,1-3H3,(H,20,23). The second-order valence-electron chi connectivity index (χ2n) is 6.50.